The van der Waals surface area contributed by atoms with Crippen molar-refractivity contribution < 1.29 is 34.7 Å². The molecule has 0 aliphatic heterocycles. The Hall–Kier alpha value is -1.44. The minimum absolute atomic E-state index is 0. The number of benzene rings is 1. The van der Waals surface area contributed by atoms with Crippen LogP contribution >= 0.6 is 0 Å². The van der Waals surface area contributed by atoms with Crippen molar-refractivity contribution in [2.45, 2.75) is 20.8 Å². The van der Waals surface area contributed by atoms with Crippen LogP contribution < -0.4 is 0 Å². The summed E-state index contributed by atoms with van der Waals surface area (Å²) < 4.78 is 6.35. The van der Waals surface area contributed by atoms with E-state index in [1.165, 1.54) is 7.11 Å². The standard InChI is InChI=1S/C15H16NO3.Re/c1-8-6-11-12(14(17)15(18)19-5)7-16(4)13(11)10(3)9(8)2;/h7H,1-5H3;/q-1;. The summed E-state index contributed by atoms with van der Waals surface area (Å²) in [5.41, 5.74) is 4.49. The molecule has 2 rings (SSSR count). The molecule has 2 aromatic rings. The summed E-state index contributed by atoms with van der Waals surface area (Å²) in [6, 6.07) is 3.20. The topological polar surface area (TPSA) is 48.3 Å². The Bertz CT molecular complexity index is 701. The van der Waals surface area contributed by atoms with E-state index >= 15 is 0 Å². The Morgan fingerprint density at radius 2 is 1.80 bits per heavy atom. The van der Waals surface area contributed by atoms with Crippen molar-refractivity contribution in [2.75, 3.05) is 7.11 Å². The Balaban J connectivity index is 0.00000200. The quantitative estimate of drug-likeness (QED) is 0.309. The number of carbonyl (C=O) groups excluding carboxylic acids is 2. The molecule has 0 amide bonds. The fraction of sp³-hybridized carbons (Fsp3) is 0.333. The Morgan fingerprint density at radius 1 is 1.20 bits per heavy atom. The molecule has 0 aliphatic rings. The van der Waals surface area contributed by atoms with Gasteiger partial charge in [-0.1, -0.05) is 20.8 Å². The first-order chi connectivity index (χ1) is 8.88. The van der Waals surface area contributed by atoms with Crippen LogP contribution in [0.1, 0.15) is 27.0 Å². The van der Waals surface area contributed by atoms with Gasteiger partial charge in [0.05, 0.1) is 7.11 Å². The summed E-state index contributed by atoms with van der Waals surface area (Å²) >= 11 is 0. The molecule has 0 saturated heterocycles. The number of esters is 1. The monoisotopic (exact) mass is 445 g/mol. The van der Waals surface area contributed by atoms with Gasteiger partial charge in [-0.15, -0.1) is 28.1 Å². The molecule has 4 nitrogen and oxygen atoms in total. The fourth-order valence-corrected chi connectivity index (χ4v) is 2.32. The van der Waals surface area contributed by atoms with Crippen LogP contribution in [0.2, 0.25) is 0 Å². The number of aryl methyl sites for hydroxylation is 3. The van der Waals surface area contributed by atoms with Crippen LogP contribution in [0.15, 0.2) is 6.20 Å². The second-order valence-electron chi connectivity index (χ2n) is 4.70. The van der Waals surface area contributed by atoms with Crippen molar-refractivity contribution >= 4 is 22.7 Å². The van der Waals surface area contributed by atoms with Crippen LogP contribution in [-0.4, -0.2) is 23.4 Å². The van der Waals surface area contributed by atoms with Crippen LogP contribution in [0.5, 0.6) is 0 Å². The van der Waals surface area contributed by atoms with Gasteiger partial charge in [-0.25, -0.2) is 4.79 Å². The summed E-state index contributed by atoms with van der Waals surface area (Å²) in [6.45, 7) is 5.97. The molecule has 5 heteroatoms. The predicted molar refractivity (Wildman–Crippen MR) is 72.3 cm³/mol. The normalized spacial score (nSPS) is 10.2. The van der Waals surface area contributed by atoms with Gasteiger partial charge in [0.15, 0.2) is 0 Å². The van der Waals surface area contributed by atoms with E-state index in [-0.39, 0.29) is 20.4 Å². The van der Waals surface area contributed by atoms with Crippen LogP contribution in [-0.2, 0) is 37.0 Å². The van der Waals surface area contributed by atoms with E-state index in [1.807, 2.05) is 32.4 Å². The number of ether oxygens (including phenoxy) is 1. The molecule has 0 unspecified atom stereocenters. The van der Waals surface area contributed by atoms with E-state index < -0.39 is 11.8 Å². The molecular formula is C15H16NO3Re-. The molecule has 0 bridgehead atoms. The number of aromatic nitrogens is 1. The number of methoxy groups -OCH3 is 1. The van der Waals surface area contributed by atoms with Crippen molar-refractivity contribution in [2.24, 2.45) is 7.05 Å². The van der Waals surface area contributed by atoms with Crippen molar-refractivity contribution in [1.82, 2.24) is 4.57 Å². The molecule has 1 heterocycles. The van der Waals surface area contributed by atoms with Gasteiger partial charge in [-0.3, -0.25) is 4.79 Å². The first-order valence-electron chi connectivity index (χ1n) is 5.99. The number of Topliss-reactive ketones (excluding diaryl/α,β-unsaturated/α-hetero) is 1. The number of hydrogen-bond donors (Lipinski definition) is 0. The molecule has 107 valence electrons. The number of carbonyl (C=O) groups is 2. The summed E-state index contributed by atoms with van der Waals surface area (Å²) in [5.74, 6) is -1.48. The zero-order chi connectivity index (χ0) is 14.3. The van der Waals surface area contributed by atoms with Gasteiger partial charge in [0.1, 0.15) is 0 Å². The molecule has 20 heavy (non-hydrogen) atoms. The van der Waals surface area contributed by atoms with Crippen molar-refractivity contribution in [3.05, 3.63) is 34.5 Å². The van der Waals surface area contributed by atoms with E-state index in [2.05, 4.69) is 10.8 Å². The van der Waals surface area contributed by atoms with E-state index in [1.54, 1.807) is 6.20 Å². The summed E-state index contributed by atoms with van der Waals surface area (Å²) in [5, 5.41) is 0.679. The third-order valence-electron chi connectivity index (χ3n) is 3.59. The molecule has 0 N–H and O–H groups in total. The van der Waals surface area contributed by atoms with Gasteiger partial charge in [0.2, 0.25) is 5.78 Å². The zero-order valence-corrected chi connectivity index (χ0v) is 14.8. The Labute approximate surface area is 131 Å². The molecule has 0 fully saturated rings. The second kappa shape index (κ2) is 5.91. The Kier molecular flexibility index (Phi) is 4.91. The largest absolute Gasteiger partial charge is 0.464 e. The summed E-state index contributed by atoms with van der Waals surface area (Å²) in [6.07, 6.45) is 1.66. The first kappa shape index (κ1) is 16.6. The minimum atomic E-state index is -0.850. The van der Waals surface area contributed by atoms with Crippen LogP contribution in [0.4, 0.5) is 0 Å². The fourth-order valence-electron chi connectivity index (χ4n) is 2.32. The van der Waals surface area contributed by atoms with E-state index in [4.69, 9.17) is 0 Å². The summed E-state index contributed by atoms with van der Waals surface area (Å²) in [4.78, 5) is 23.4. The maximum absolute atomic E-state index is 12.0. The van der Waals surface area contributed by atoms with Crippen molar-refractivity contribution in [1.29, 1.82) is 0 Å². The van der Waals surface area contributed by atoms with Gasteiger partial charge in [-0.2, -0.15) is 0 Å². The van der Waals surface area contributed by atoms with E-state index in [0.29, 0.717) is 10.9 Å². The predicted octanol–water partition coefficient (Wildman–Crippen LogP) is 2.26. The smallest absolute Gasteiger partial charge is 0.369 e. The molecule has 1 radical (unpaired) electrons. The number of rotatable bonds is 2. The molecule has 0 spiro atoms. The number of fused-ring (bicyclic) bond motifs is 1. The van der Waals surface area contributed by atoms with Gasteiger partial charge in [0.25, 0.3) is 0 Å². The van der Waals surface area contributed by atoms with Crippen LogP contribution in [0, 0.1) is 26.8 Å². The van der Waals surface area contributed by atoms with Crippen molar-refractivity contribution in [3.63, 3.8) is 0 Å². The molecule has 1 aromatic heterocycles. The maximum atomic E-state index is 12.0. The Morgan fingerprint density at radius 3 is 2.35 bits per heavy atom. The van der Waals surface area contributed by atoms with Gasteiger partial charge < -0.3 is 9.30 Å². The van der Waals surface area contributed by atoms with Crippen molar-refractivity contribution in [3.8, 4) is 0 Å². The average Bonchev–Trinajstić information content (AvgIpc) is 2.71. The van der Waals surface area contributed by atoms with Gasteiger partial charge in [0, 0.05) is 27.5 Å². The third kappa shape index (κ3) is 2.44. The number of ketones is 1. The second-order valence-corrected chi connectivity index (χ2v) is 4.70. The third-order valence-corrected chi connectivity index (χ3v) is 3.59. The minimum Gasteiger partial charge on any atom is -0.464 e. The maximum Gasteiger partial charge on any atom is 0.369 e. The van der Waals surface area contributed by atoms with E-state index in [0.717, 1.165) is 22.2 Å². The molecule has 0 aliphatic carbocycles. The average molecular weight is 445 g/mol. The molecule has 1 aromatic carbocycles. The van der Waals surface area contributed by atoms with Gasteiger partial charge in [-0.05, 0) is 17.3 Å². The SMILES string of the molecule is COC(=O)C(=O)c1cn(C)c2c(C)c(C)c(C)[c-]c12.[Re]. The summed E-state index contributed by atoms with van der Waals surface area (Å²) in [7, 11) is 3.06. The molecule has 0 atom stereocenters. The van der Waals surface area contributed by atoms with E-state index in [9.17, 15) is 9.59 Å². The number of hydrogen-bond acceptors (Lipinski definition) is 3. The van der Waals surface area contributed by atoms with Crippen LogP contribution in [0.3, 0.4) is 0 Å². The van der Waals surface area contributed by atoms with Gasteiger partial charge >= 0.3 is 5.97 Å². The molecular weight excluding hydrogens is 428 g/mol. The van der Waals surface area contributed by atoms with Crippen LogP contribution in [0.25, 0.3) is 10.9 Å². The number of nitrogens with zero attached hydrogens (tertiary/aromatic N) is 1. The molecule has 0 saturated carbocycles. The first-order valence-corrected chi connectivity index (χ1v) is 5.99. The zero-order valence-electron chi connectivity index (χ0n) is 12.1.